The van der Waals surface area contributed by atoms with Gasteiger partial charge >= 0.3 is 0 Å². The minimum Gasteiger partial charge on any atom is -0.394 e. The van der Waals surface area contributed by atoms with Crippen molar-refractivity contribution in [2.45, 2.75) is 24.4 Å². The molecule has 0 aliphatic rings. The molecule has 0 fully saturated rings. The zero-order valence-corrected chi connectivity index (χ0v) is 7.54. The first-order valence-electron chi connectivity index (χ1n) is 3.33. The molecule has 0 radical (unpaired) electrons. The molecule has 0 aliphatic carbocycles. The van der Waals surface area contributed by atoms with E-state index in [0.717, 1.165) is 0 Å². The second-order valence-electron chi connectivity index (χ2n) is 2.36. The summed E-state index contributed by atoms with van der Waals surface area (Å²) in [5, 5.41) is 43.5. The van der Waals surface area contributed by atoms with Crippen LogP contribution < -0.4 is 0 Å². The van der Waals surface area contributed by atoms with Crippen LogP contribution in [0.25, 0.3) is 0 Å². The molecule has 0 unspecified atom stereocenters. The van der Waals surface area contributed by atoms with E-state index in [1.807, 2.05) is 0 Å². The molecule has 6 nitrogen and oxygen atoms in total. The molecule has 0 saturated carbocycles. The molecule has 7 heteroatoms. The first-order valence-corrected chi connectivity index (χ1v) is 3.33. The van der Waals surface area contributed by atoms with Crippen LogP contribution in [0.1, 0.15) is 0 Å². The van der Waals surface area contributed by atoms with Crippen LogP contribution in [-0.2, 0) is 21.3 Å². The van der Waals surface area contributed by atoms with Gasteiger partial charge in [-0.1, -0.05) is 0 Å². The summed E-state index contributed by atoms with van der Waals surface area (Å²) in [6.07, 6.45) is -6.84. The van der Waals surface area contributed by atoms with Gasteiger partial charge < -0.3 is 30.3 Å². The van der Waals surface area contributed by atoms with Crippen LogP contribution in [-0.4, -0.2) is 62.8 Å². The Hall–Kier alpha value is -0.0365. The van der Waals surface area contributed by atoms with Crippen LogP contribution in [0.15, 0.2) is 0 Å². The van der Waals surface area contributed by atoms with Crippen molar-refractivity contribution in [3.8, 4) is 0 Å². The summed E-state index contributed by atoms with van der Waals surface area (Å²) in [6, 6.07) is 0. The van der Waals surface area contributed by atoms with Gasteiger partial charge in [0, 0.05) is 16.5 Å². The van der Waals surface area contributed by atoms with Crippen LogP contribution >= 0.6 is 0 Å². The van der Waals surface area contributed by atoms with Gasteiger partial charge in [0.1, 0.15) is 24.4 Å². The molecule has 5 N–H and O–H groups in total. The van der Waals surface area contributed by atoms with Gasteiger partial charge in [0.2, 0.25) is 0 Å². The fourth-order valence-electron chi connectivity index (χ4n) is 0.618. The molecular weight excluding hydrogens is 227 g/mol. The summed E-state index contributed by atoms with van der Waals surface area (Å²) in [6.45, 7) is -0.760. The van der Waals surface area contributed by atoms with Crippen molar-refractivity contribution >= 4 is 6.29 Å². The zero-order chi connectivity index (χ0) is 9.72. The van der Waals surface area contributed by atoms with E-state index >= 15 is 0 Å². The first kappa shape index (κ1) is 15.4. The SMILES string of the molecule is O=C[C@H](O)[C@@H](O)[C@H](O)[C@H](O)CO.[Ni]. The predicted molar refractivity (Wildman–Crippen MR) is 37.2 cm³/mol. The number of hydrogen-bond acceptors (Lipinski definition) is 6. The molecule has 0 rings (SSSR count). The Morgan fingerprint density at radius 3 is 1.85 bits per heavy atom. The van der Waals surface area contributed by atoms with Crippen molar-refractivity contribution in [1.29, 1.82) is 0 Å². The van der Waals surface area contributed by atoms with Gasteiger partial charge in [0.05, 0.1) is 6.61 Å². The topological polar surface area (TPSA) is 118 Å². The Kier molecular flexibility index (Phi) is 8.76. The summed E-state index contributed by atoms with van der Waals surface area (Å²) < 4.78 is 0. The molecular formula is C6H12NiO6. The molecule has 0 heterocycles. The quantitative estimate of drug-likeness (QED) is 0.252. The van der Waals surface area contributed by atoms with E-state index in [1.165, 1.54) is 0 Å². The second kappa shape index (κ2) is 7.38. The number of hydrogen-bond donors (Lipinski definition) is 5. The zero-order valence-electron chi connectivity index (χ0n) is 6.55. The van der Waals surface area contributed by atoms with Crippen LogP contribution in [0.2, 0.25) is 0 Å². The largest absolute Gasteiger partial charge is 0.394 e. The Morgan fingerprint density at radius 2 is 1.54 bits per heavy atom. The van der Waals surface area contributed by atoms with E-state index in [2.05, 4.69) is 0 Å². The minimum absolute atomic E-state index is 0. The van der Waals surface area contributed by atoms with Gasteiger partial charge in [-0.25, -0.2) is 0 Å². The molecule has 0 aromatic carbocycles. The smallest absolute Gasteiger partial charge is 0.151 e. The van der Waals surface area contributed by atoms with Gasteiger partial charge in [0.25, 0.3) is 0 Å². The molecule has 0 aromatic rings. The molecule has 0 bridgehead atoms. The van der Waals surface area contributed by atoms with Crippen LogP contribution in [0, 0.1) is 0 Å². The third kappa shape index (κ3) is 4.66. The predicted octanol–water partition coefficient (Wildman–Crippen LogP) is -3.38. The van der Waals surface area contributed by atoms with Gasteiger partial charge in [0.15, 0.2) is 6.29 Å². The standard InChI is InChI=1S/C6H12O6.Ni/c7-1-3(9)5(11)6(12)4(10)2-8;/h1,3-6,8-12H,2H2;/t3-,4+,5+,6+;/m0./s1. The molecule has 0 aliphatic heterocycles. The summed E-state index contributed by atoms with van der Waals surface area (Å²) in [5.74, 6) is 0. The van der Waals surface area contributed by atoms with E-state index in [4.69, 9.17) is 25.5 Å². The minimum atomic E-state index is -1.79. The van der Waals surface area contributed by atoms with Gasteiger partial charge in [-0.05, 0) is 0 Å². The van der Waals surface area contributed by atoms with E-state index < -0.39 is 31.0 Å². The maximum atomic E-state index is 9.90. The average molecular weight is 239 g/mol. The molecule has 4 atom stereocenters. The number of aldehydes is 1. The summed E-state index contributed by atoms with van der Waals surface area (Å²) in [4.78, 5) is 9.90. The normalized spacial score (nSPS) is 19.5. The third-order valence-electron chi connectivity index (χ3n) is 1.42. The molecule has 0 saturated heterocycles. The number of rotatable bonds is 5. The number of aliphatic hydroxyl groups excluding tert-OH is 5. The van der Waals surface area contributed by atoms with Crippen molar-refractivity contribution in [3.63, 3.8) is 0 Å². The van der Waals surface area contributed by atoms with Crippen molar-refractivity contribution in [3.05, 3.63) is 0 Å². The molecule has 0 aromatic heterocycles. The molecule has 0 amide bonds. The van der Waals surface area contributed by atoms with Crippen molar-refractivity contribution < 1.29 is 46.8 Å². The van der Waals surface area contributed by atoms with Crippen molar-refractivity contribution in [2.24, 2.45) is 0 Å². The fourth-order valence-corrected chi connectivity index (χ4v) is 0.618. The molecule has 0 spiro atoms. The van der Waals surface area contributed by atoms with E-state index in [9.17, 15) is 4.79 Å². The number of carbonyl (C=O) groups excluding carboxylic acids is 1. The Balaban J connectivity index is 0. The fraction of sp³-hybridized carbons (Fsp3) is 0.833. The van der Waals surface area contributed by atoms with Gasteiger partial charge in [-0.2, -0.15) is 0 Å². The van der Waals surface area contributed by atoms with Gasteiger partial charge in [-0.3, -0.25) is 0 Å². The Labute approximate surface area is 84.7 Å². The van der Waals surface area contributed by atoms with Crippen LogP contribution in [0.4, 0.5) is 0 Å². The maximum absolute atomic E-state index is 9.90. The second-order valence-corrected chi connectivity index (χ2v) is 2.36. The molecule has 82 valence electrons. The third-order valence-corrected chi connectivity index (χ3v) is 1.42. The Bertz CT molecular complexity index is 143. The average Bonchev–Trinajstić information content (AvgIpc) is 2.12. The maximum Gasteiger partial charge on any atom is 0.151 e. The van der Waals surface area contributed by atoms with Crippen molar-refractivity contribution in [1.82, 2.24) is 0 Å². The first-order chi connectivity index (χ1) is 5.54. The van der Waals surface area contributed by atoms with Crippen molar-refractivity contribution in [2.75, 3.05) is 6.61 Å². The summed E-state index contributed by atoms with van der Waals surface area (Å²) >= 11 is 0. The monoisotopic (exact) mass is 238 g/mol. The summed E-state index contributed by atoms with van der Waals surface area (Å²) in [7, 11) is 0. The van der Waals surface area contributed by atoms with Gasteiger partial charge in [-0.15, -0.1) is 0 Å². The van der Waals surface area contributed by atoms with E-state index in [-0.39, 0.29) is 22.8 Å². The van der Waals surface area contributed by atoms with E-state index in [0.29, 0.717) is 0 Å². The molecule has 13 heavy (non-hydrogen) atoms. The number of carbonyl (C=O) groups is 1. The number of aliphatic hydroxyl groups is 5. The van der Waals surface area contributed by atoms with Crippen LogP contribution in [0.3, 0.4) is 0 Å². The Morgan fingerprint density at radius 1 is 1.08 bits per heavy atom. The van der Waals surface area contributed by atoms with E-state index in [1.54, 1.807) is 0 Å². The summed E-state index contributed by atoms with van der Waals surface area (Å²) in [5.41, 5.74) is 0. The van der Waals surface area contributed by atoms with Crippen LogP contribution in [0.5, 0.6) is 0 Å².